The summed E-state index contributed by atoms with van der Waals surface area (Å²) in [5, 5.41) is 0. The fourth-order valence-corrected chi connectivity index (χ4v) is 2.54. The van der Waals surface area contributed by atoms with Crippen LogP contribution >= 0.6 is 0 Å². The molecule has 1 aromatic carbocycles. The first-order valence-electron chi connectivity index (χ1n) is 5.64. The molecule has 1 aromatic rings. The molecule has 1 unspecified atom stereocenters. The topological polar surface area (TPSA) is 26.0 Å². The smallest absolute Gasteiger partial charge is 0.314 e. The molecule has 0 saturated carbocycles. The molecule has 2 N–H and O–H groups in total. The Bertz CT molecular complexity index is 437. The van der Waals surface area contributed by atoms with Gasteiger partial charge in [-0.05, 0) is 29.4 Å². The number of benzene rings is 1. The van der Waals surface area contributed by atoms with Crippen molar-refractivity contribution in [2.45, 2.75) is 43.8 Å². The van der Waals surface area contributed by atoms with Crippen LogP contribution in [-0.2, 0) is 11.0 Å². The van der Waals surface area contributed by atoms with E-state index < -0.39 is 11.7 Å². The summed E-state index contributed by atoms with van der Waals surface area (Å²) < 4.78 is 39.4. The lowest BCUT2D eigenvalue weighted by Crippen LogP contribution is -2.54. The Morgan fingerprint density at radius 3 is 2.12 bits per heavy atom. The minimum atomic E-state index is -4.40. The van der Waals surface area contributed by atoms with E-state index >= 15 is 0 Å². The van der Waals surface area contributed by atoms with Gasteiger partial charge < -0.3 is 5.73 Å². The molecule has 0 amide bonds. The highest BCUT2D eigenvalue weighted by molar-refractivity contribution is 5.42. The minimum absolute atomic E-state index is 0.0550. The summed E-state index contributed by atoms with van der Waals surface area (Å²) in [6, 6.07) is 6.64. The van der Waals surface area contributed by atoms with E-state index in [0.717, 1.165) is 0 Å². The van der Waals surface area contributed by atoms with Gasteiger partial charge in [0, 0.05) is 0 Å². The second-order valence-corrected chi connectivity index (χ2v) is 5.40. The molecule has 0 saturated heterocycles. The van der Waals surface area contributed by atoms with Crippen LogP contribution in [-0.4, -0.2) is 6.18 Å². The standard InChI is InChI=1S/C13H16F3N/c1-11(2)7-8-12(17,13(14,15)16)10-6-4-3-5-9(10)11/h3-6H,7-8,17H2,1-2H3. The molecule has 0 aromatic heterocycles. The molecule has 94 valence electrons. The Labute approximate surface area is 98.8 Å². The highest BCUT2D eigenvalue weighted by atomic mass is 19.4. The molecule has 1 nitrogen and oxygen atoms in total. The first kappa shape index (κ1) is 12.4. The lowest BCUT2D eigenvalue weighted by atomic mass is 9.65. The quantitative estimate of drug-likeness (QED) is 0.741. The highest BCUT2D eigenvalue weighted by Crippen LogP contribution is 2.50. The molecule has 4 heteroatoms. The minimum Gasteiger partial charge on any atom is -0.314 e. The summed E-state index contributed by atoms with van der Waals surface area (Å²) in [4.78, 5) is 0. The van der Waals surface area contributed by atoms with E-state index in [1.165, 1.54) is 6.07 Å². The van der Waals surface area contributed by atoms with Crippen LogP contribution in [0.5, 0.6) is 0 Å². The maximum Gasteiger partial charge on any atom is 0.410 e. The average Bonchev–Trinajstić information content (AvgIpc) is 2.23. The van der Waals surface area contributed by atoms with E-state index in [2.05, 4.69) is 0 Å². The second-order valence-electron chi connectivity index (χ2n) is 5.40. The summed E-state index contributed by atoms with van der Waals surface area (Å²) in [5.74, 6) is 0. The van der Waals surface area contributed by atoms with Gasteiger partial charge in [-0.2, -0.15) is 13.2 Å². The first-order chi connectivity index (χ1) is 7.68. The Morgan fingerprint density at radius 2 is 1.59 bits per heavy atom. The first-order valence-corrected chi connectivity index (χ1v) is 5.64. The molecule has 0 aliphatic heterocycles. The van der Waals surface area contributed by atoms with E-state index in [-0.39, 0.29) is 17.4 Å². The lowest BCUT2D eigenvalue weighted by molar-refractivity contribution is -0.195. The molecule has 1 aliphatic rings. The van der Waals surface area contributed by atoms with Gasteiger partial charge in [0.05, 0.1) is 0 Å². The number of nitrogens with two attached hydrogens (primary N) is 1. The van der Waals surface area contributed by atoms with Crippen molar-refractivity contribution in [2.24, 2.45) is 5.73 Å². The second kappa shape index (κ2) is 3.48. The van der Waals surface area contributed by atoms with Gasteiger partial charge in [-0.25, -0.2) is 0 Å². The van der Waals surface area contributed by atoms with Crippen LogP contribution in [0.15, 0.2) is 24.3 Å². The molecular weight excluding hydrogens is 227 g/mol. The number of fused-ring (bicyclic) bond motifs is 1. The number of hydrogen-bond acceptors (Lipinski definition) is 1. The van der Waals surface area contributed by atoms with E-state index in [1.54, 1.807) is 18.2 Å². The van der Waals surface area contributed by atoms with Crippen molar-refractivity contribution in [3.8, 4) is 0 Å². The lowest BCUT2D eigenvalue weighted by Gasteiger charge is -2.43. The highest BCUT2D eigenvalue weighted by Gasteiger charge is 2.56. The fraction of sp³-hybridized carbons (Fsp3) is 0.538. The molecule has 17 heavy (non-hydrogen) atoms. The van der Waals surface area contributed by atoms with E-state index in [9.17, 15) is 13.2 Å². The fourth-order valence-electron chi connectivity index (χ4n) is 2.54. The van der Waals surface area contributed by atoms with Crippen LogP contribution in [0.2, 0.25) is 0 Å². The van der Waals surface area contributed by atoms with Gasteiger partial charge in [-0.3, -0.25) is 0 Å². The molecule has 0 fully saturated rings. The van der Waals surface area contributed by atoms with Crippen molar-refractivity contribution >= 4 is 0 Å². The van der Waals surface area contributed by atoms with Crippen molar-refractivity contribution in [2.75, 3.05) is 0 Å². The molecule has 1 atom stereocenters. The van der Waals surface area contributed by atoms with Crippen LogP contribution in [0.3, 0.4) is 0 Å². The maximum atomic E-state index is 13.1. The number of rotatable bonds is 0. The molecule has 0 spiro atoms. The van der Waals surface area contributed by atoms with Crippen molar-refractivity contribution in [3.63, 3.8) is 0 Å². The van der Waals surface area contributed by atoms with E-state index in [1.807, 2.05) is 13.8 Å². The largest absolute Gasteiger partial charge is 0.410 e. The van der Waals surface area contributed by atoms with E-state index in [4.69, 9.17) is 5.73 Å². The zero-order valence-corrected chi connectivity index (χ0v) is 9.93. The third-order valence-corrected chi connectivity index (χ3v) is 3.79. The van der Waals surface area contributed by atoms with Gasteiger partial charge in [0.15, 0.2) is 0 Å². The van der Waals surface area contributed by atoms with Gasteiger partial charge in [-0.1, -0.05) is 38.1 Å². The van der Waals surface area contributed by atoms with Crippen molar-refractivity contribution in [1.29, 1.82) is 0 Å². The summed E-state index contributed by atoms with van der Waals surface area (Å²) in [6.45, 7) is 3.92. The Morgan fingerprint density at radius 1 is 1.06 bits per heavy atom. The van der Waals surface area contributed by atoms with E-state index in [0.29, 0.717) is 12.0 Å². The summed E-state index contributed by atoms with van der Waals surface area (Å²) in [6.07, 6.45) is -4.01. The molecule has 1 aliphatic carbocycles. The van der Waals surface area contributed by atoms with Crippen LogP contribution in [0.1, 0.15) is 37.8 Å². The van der Waals surface area contributed by atoms with Crippen LogP contribution < -0.4 is 5.73 Å². The Hall–Kier alpha value is -1.03. The molecular formula is C13H16F3N. The average molecular weight is 243 g/mol. The SMILES string of the molecule is CC1(C)CCC(N)(C(F)(F)F)c2ccccc21. The van der Waals surface area contributed by atoms with Gasteiger partial charge in [0.1, 0.15) is 5.54 Å². The maximum absolute atomic E-state index is 13.1. The zero-order chi connectivity index (χ0) is 12.9. The molecule has 2 rings (SSSR count). The third kappa shape index (κ3) is 1.75. The summed E-state index contributed by atoms with van der Waals surface area (Å²) in [5.41, 5.74) is 4.14. The predicted molar refractivity (Wildman–Crippen MR) is 60.6 cm³/mol. The number of hydrogen-bond donors (Lipinski definition) is 1. The van der Waals surface area contributed by atoms with Gasteiger partial charge in [-0.15, -0.1) is 0 Å². The molecule has 0 heterocycles. The van der Waals surface area contributed by atoms with Crippen molar-refractivity contribution in [3.05, 3.63) is 35.4 Å². The van der Waals surface area contributed by atoms with Crippen molar-refractivity contribution in [1.82, 2.24) is 0 Å². The predicted octanol–water partition coefficient (Wildman–Crippen LogP) is 3.47. The summed E-state index contributed by atoms with van der Waals surface area (Å²) >= 11 is 0. The number of halogens is 3. The van der Waals surface area contributed by atoms with Crippen LogP contribution in [0, 0.1) is 0 Å². The summed E-state index contributed by atoms with van der Waals surface area (Å²) in [7, 11) is 0. The Kier molecular flexibility index (Phi) is 2.54. The molecule has 0 bridgehead atoms. The molecule has 0 radical (unpaired) electrons. The normalized spacial score (nSPS) is 27.6. The monoisotopic (exact) mass is 243 g/mol. The van der Waals surface area contributed by atoms with Crippen molar-refractivity contribution < 1.29 is 13.2 Å². The van der Waals surface area contributed by atoms with Gasteiger partial charge in [0.2, 0.25) is 0 Å². The van der Waals surface area contributed by atoms with Crippen LogP contribution in [0.25, 0.3) is 0 Å². The third-order valence-electron chi connectivity index (χ3n) is 3.79. The van der Waals surface area contributed by atoms with Gasteiger partial charge >= 0.3 is 6.18 Å². The number of alkyl halides is 3. The Balaban J connectivity index is 2.64. The van der Waals surface area contributed by atoms with Gasteiger partial charge in [0.25, 0.3) is 0 Å². The van der Waals surface area contributed by atoms with Crippen LogP contribution in [0.4, 0.5) is 13.2 Å². The zero-order valence-electron chi connectivity index (χ0n) is 9.93.